The van der Waals surface area contributed by atoms with Gasteiger partial charge in [-0.15, -0.1) is 0 Å². The molecule has 1 aromatic heterocycles. The third-order valence-electron chi connectivity index (χ3n) is 4.45. The first-order valence-corrected chi connectivity index (χ1v) is 7.49. The van der Waals surface area contributed by atoms with Gasteiger partial charge in [0.2, 0.25) is 0 Å². The summed E-state index contributed by atoms with van der Waals surface area (Å²) in [4.78, 5) is 0. The number of nitrogens with zero attached hydrogens (tertiary/aromatic N) is 2. The molecule has 1 N–H and O–H groups in total. The molecule has 1 fully saturated rings. The van der Waals surface area contributed by atoms with E-state index in [-0.39, 0.29) is 0 Å². The second-order valence-electron chi connectivity index (χ2n) is 5.72. The zero-order valence-corrected chi connectivity index (χ0v) is 12.5. The summed E-state index contributed by atoms with van der Waals surface area (Å²) in [5.41, 5.74) is 3.96. The van der Waals surface area contributed by atoms with Crippen molar-refractivity contribution in [2.24, 2.45) is 13.0 Å². The van der Waals surface area contributed by atoms with Gasteiger partial charge in [-0.25, -0.2) is 0 Å². The van der Waals surface area contributed by atoms with Gasteiger partial charge in [0.25, 0.3) is 0 Å². The monoisotopic (exact) mass is 269 g/mol. The highest BCUT2D eigenvalue weighted by atomic mass is 15.3. The Labute approximate surface area is 121 Å². The Hall–Kier alpha value is -1.61. The van der Waals surface area contributed by atoms with Gasteiger partial charge >= 0.3 is 0 Å². The lowest BCUT2D eigenvalue weighted by molar-refractivity contribution is 0.479. The van der Waals surface area contributed by atoms with Gasteiger partial charge in [0.15, 0.2) is 0 Å². The molecule has 1 heterocycles. The third kappa shape index (κ3) is 2.38. The zero-order valence-electron chi connectivity index (χ0n) is 12.5. The van der Waals surface area contributed by atoms with E-state index in [2.05, 4.69) is 67.8 Å². The van der Waals surface area contributed by atoms with Crippen molar-refractivity contribution in [1.82, 2.24) is 15.1 Å². The van der Waals surface area contributed by atoms with Crippen LogP contribution in [0.3, 0.4) is 0 Å². The van der Waals surface area contributed by atoms with Gasteiger partial charge in [-0.3, -0.25) is 4.68 Å². The lowest BCUT2D eigenvalue weighted by Gasteiger charge is -2.16. The molecule has 1 aromatic carbocycles. The SMILES string of the molecule is CCc1cc(C(NC)C2CC2c2ccccc2)n(C)n1. The van der Waals surface area contributed by atoms with Crippen LogP contribution in [0, 0.1) is 5.92 Å². The average Bonchev–Trinajstić information content (AvgIpc) is 3.18. The predicted molar refractivity (Wildman–Crippen MR) is 81.7 cm³/mol. The van der Waals surface area contributed by atoms with Gasteiger partial charge in [0.05, 0.1) is 17.4 Å². The van der Waals surface area contributed by atoms with Crippen LogP contribution in [0.5, 0.6) is 0 Å². The molecule has 3 atom stereocenters. The largest absolute Gasteiger partial charge is 0.311 e. The summed E-state index contributed by atoms with van der Waals surface area (Å²) < 4.78 is 2.04. The van der Waals surface area contributed by atoms with Crippen molar-refractivity contribution in [3.63, 3.8) is 0 Å². The number of hydrogen-bond acceptors (Lipinski definition) is 2. The molecule has 106 valence electrons. The van der Waals surface area contributed by atoms with Crippen LogP contribution in [-0.4, -0.2) is 16.8 Å². The van der Waals surface area contributed by atoms with Crippen LogP contribution in [0.2, 0.25) is 0 Å². The molecule has 3 unspecified atom stereocenters. The summed E-state index contributed by atoms with van der Waals surface area (Å²) in [6, 6.07) is 13.5. The number of benzene rings is 1. The first kappa shape index (κ1) is 13.4. The molecule has 2 aromatic rings. The van der Waals surface area contributed by atoms with Crippen LogP contribution in [-0.2, 0) is 13.5 Å². The number of hydrogen-bond donors (Lipinski definition) is 1. The summed E-state index contributed by atoms with van der Waals surface area (Å²) in [5, 5.41) is 8.08. The maximum absolute atomic E-state index is 4.58. The normalized spacial score (nSPS) is 22.8. The van der Waals surface area contributed by atoms with Crippen LogP contribution < -0.4 is 5.32 Å². The minimum absolute atomic E-state index is 0.401. The molecule has 0 amide bonds. The van der Waals surface area contributed by atoms with Gasteiger partial charge in [-0.2, -0.15) is 5.10 Å². The summed E-state index contributed by atoms with van der Waals surface area (Å²) >= 11 is 0. The fourth-order valence-electron chi connectivity index (χ4n) is 3.26. The van der Waals surface area contributed by atoms with Crippen molar-refractivity contribution >= 4 is 0 Å². The smallest absolute Gasteiger partial charge is 0.0625 e. The van der Waals surface area contributed by atoms with Crippen LogP contribution in [0.4, 0.5) is 0 Å². The Bertz CT molecular complexity index is 573. The Kier molecular flexibility index (Phi) is 3.62. The Balaban J connectivity index is 1.80. The van der Waals surface area contributed by atoms with E-state index in [0.717, 1.165) is 6.42 Å². The highest BCUT2D eigenvalue weighted by Gasteiger charge is 2.44. The van der Waals surface area contributed by atoms with Crippen molar-refractivity contribution in [3.05, 3.63) is 53.3 Å². The highest BCUT2D eigenvalue weighted by Crippen LogP contribution is 2.53. The fourth-order valence-corrected chi connectivity index (χ4v) is 3.26. The Morgan fingerprint density at radius 1 is 1.35 bits per heavy atom. The van der Waals surface area contributed by atoms with Crippen molar-refractivity contribution in [2.45, 2.75) is 31.7 Å². The average molecular weight is 269 g/mol. The first-order chi connectivity index (χ1) is 9.74. The molecule has 0 spiro atoms. The Morgan fingerprint density at radius 3 is 2.70 bits per heavy atom. The number of rotatable bonds is 5. The van der Waals surface area contributed by atoms with E-state index in [1.54, 1.807) is 0 Å². The molecule has 3 rings (SSSR count). The van der Waals surface area contributed by atoms with Crippen LogP contribution in [0.25, 0.3) is 0 Å². The van der Waals surface area contributed by atoms with Gasteiger partial charge in [-0.1, -0.05) is 37.3 Å². The maximum Gasteiger partial charge on any atom is 0.0625 e. The molecule has 0 bridgehead atoms. The van der Waals surface area contributed by atoms with E-state index in [1.165, 1.54) is 23.4 Å². The van der Waals surface area contributed by atoms with Crippen LogP contribution >= 0.6 is 0 Å². The molecule has 3 heteroatoms. The van der Waals surface area contributed by atoms with Crippen LogP contribution in [0.1, 0.15) is 42.3 Å². The first-order valence-electron chi connectivity index (χ1n) is 7.49. The summed E-state index contributed by atoms with van der Waals surface area (Å²) in [5.74, 6) is 1.37. The number of nitrogens with one attached hydrogen (secondary N) is 1. The molecule has 1 aliphatic rings. The second kappa shape index (κ2) is 5.41. The van der Waals surface area contributed by atoms with E-state index in [9.17, 15) is 0 Å². The number of aryl methyl sites for hydroxylation is 2. The van der Waals surface area contributed by atoms with E-state index in [0.29, 0.717) is 17.9 Å². The van der Waals surface area contributed by atoms with Crippen molar-refractivity contribution < 1.29 is 0 Å². The topological polar surface area (TPSA) is 29.9 Å². The fraction of sp³-hybridized carbons (Fsp3) is 0.471. The highest BCUT2D eigenvalue weighted by molar-refractivity contribution is 5.29. The standard InChI is InChI=1S/C17H23N3/c1-4-13-10-16(20(3)19-13)17(18-2)15-11-14(15)12-8-6-5-7-9-12/h5-10,14-15,17-18H,4,11H2,1-3H3. The molecule has 0 radical (unpaired) electrons. The molecule has 1 aliphatic carbocycles. The zero-order chi connectivity index (χ0) is 14.1. The van der Waals surface area contributed by atoms with Crippen molar-refractivity contribution in [2.75, 3.05) is 7.05 Å². The van der Waals surface area contributed by atoms with E-state index < -0.39 is 0 Å². The minimum atomic E-state index is 0.401. The summed E-state index contributed by atoms with van der Waals surface area (Å²) in [7, 11) is 4.11. The lowest BCUT2D eigenvalue weighted by atomic mass is 10.0. The summed E-state index contributed by atoms with van der Waals surface area (Å²) in [6.07, 6.45) is 2.26. The lowest BCUT2D eigenvalue weighted by Crippen LogP contribution is -2.21. The van der Waals surface area contributed by atoms with Gasteiger partial charge < -0.3 is 5.32 Å². The third-order valence-corrected chi connectivity index (χ3v) is 4.45. The minimum Gasteiger partial charge on any atom is -0.311 e. The molecule has 20 heavy (non-hydrogen) atoms. The molecule has 1 saturated carbocycles. The van der Waals surface area contributed by atoms with Crippen molar-refractivity contribution in [3.8, 4) is 0 Å². The van der Waals surface area contributed by atoms with Crippen LogP contribution in [0.15, 0.2) is 36.4 Å². The molecule has 0 saturated heterocycles. The maximum atomic E-state index is 4.58. The van der Waals surface area contributed by atoms with Gasteiger partial charge in [0.1, 0.15) is 0 Å². The van der Waals surface area contributed by atoms with E-state index in [4.69, 9.17) is 0 Å². The Morgan fingerprint density at radius 2 is 2.10 bits per heavy atom. The van der Waals surface area contributed by atoms with Crippen molar-refractivity contribution in [1.29, 1.82) is 0 Å². The number of aromatic nitrogens is 2. The molecular weight excluding hydrogens is 246 g/mol. The van der Waals surface area contributed by atoms with Gasteiger partial charge in [0, 0.05) is 7.05 Å². The van der Waals surface area contributed by atoms with Gasteiger partial charge in [-0.05, 0) is 43.4 Å². The molecule has 0 aliphatic heterocycles. The molecule has 3 nitrogen and oxygen atoms in total. The van der Waals surface area contributed by atoms with E-state index >= 15 is 0 Å². The predicted octanol–water partition coefficient (Wildman–Crippen LogP) is 3.05. The quantitative estimate of drug-likeness (QED) is 0.904. The summed E-state index contributed by atoms with van der Waals surface area (Å²) in [6.45, 7) is 2.16. The van der Waals surface area contributed by atoms with E-state index in [1.807, 2.05) is 4.68 Å². The second-order valence-corrected chi connectivity index (χ2v) is 5.72. The molecular formula is C17H23N3.